The van der Waals surface area contributed by atoms with Crippen molar-refractivity contribution in [3.8, 4) is 22.1 Å². The van der Waals surface area contributed by atoms with Crippen LogP contribution < -0.4 is 5.73 Å². The Morgan fingerprint density at radius 1 is 1.16 bits per heavy atom. The van der Waals surface area contributed by atoms with Gasteiger partial charge in [-0.1, -0.05) is 6.07 Å². The Morgan fingerprint density at radius 2 is 2.08 bits per heavy atom. The van der Waals surface area contributed by atoms with Crippen LogP contribution in [0.3, 0.4) is 0 Å². The number of pyridine rings is 1. The van der Waals surface area contributed by atoms with Crippen molar-refractivity contribution in [1.82, 2.24) is 30.1 Å². The predicted molar refractivity (Wildman–Crippen MR) is 97.4 cm³/mol. The van der Waals surface area contributed by atoms with E-state index in [2.05, 4.69) is 25.1 Å². The van der Waals surface area contributed by atoms with Crippen molar-refractivity contribution in [2.45, 2.75) is 6.92 Å². The number of aromatic nitrogens is 6. The number of nitrogens with two attached hydrogens (primary N) is 1. The Balaban J connectivity index is 1.92. The Hall–Kier alpha value is -3.26. The molecule has 4 aromatic heterocycles. The second-order valence-electron chi connectivity index (χ2n) is 5.39. The molecule has 0 saturated heterocycles. The third kappa shape index (κ3) is 2.83. The van der Waals surface area contributed by atoms with Gasteiger partial charge in [0.15, 0.2) is 5.82 Å². The third-order valence-electron chi connectivity index (χ3n) is 3.64. The Kier molecular flexibility index (Phi) is 3.87. The van der Waals surface area contributed by atoms with E-state index in [0.717, 1.165) is 32.5 Å². The van der Waals surface area contributed by atoms with Crippen molar-refractivity contribution in [2.75, 3.05) is 0 Å². The lowest BCUT2D eigenvalue weighted by Gasteiger charge is -2.05. The fourth-order valence-corrected chi connectivity index (χ4v) is 3.70. The molecule has 0 radical (unpaired) electrons. The van der Waals surface area contributed by atoms with Gasteiger partial charge in [-0.2, -0.15) is 5.10 Å². The first-order valence-electron chi connectivity index (χ1n) is 7.62. The minimum absolute atomic E-state index is 0.662. The summed E-state index contributed by atoms with van der Waals surface area (Å²) in [6, 6.07) is 9.64. The molecule has 124 valence electrons. The van der Waals surface area contributed by atoms with E-state index in [4.69, 9.17) is 10.7 Å². The molecule has 4 rings (SSSR count). The van der Waals surface area contributed by atoms with E-state index >= 15 is 0 Å². The van der Waals surface area contributed by atoms with E-state index < -0.39 is 0 Å². The van der Waals surface area contributed by atoms with Crippen LogP contribution in [0.25, 0.3) is 27.7 Å². The van der Waals surface area contributed by atoms with Gasteiger partial charge in [-0.15, -0.1) is 11.3 Å². The van der Waals surface area contributed by atoms with Gasteiger partial charge in [0, 0.05) is 18.1 Å². The van der Waals surface area contributed by atoms with E-state index in [1.165, 1.54) is 17.7 Å². The highest BCUT2D eigenvalue weighted by Gasteiger charge is 2.21. The first-order valence-corrected chi connectivity index (χ1v) is 8.44. The van der Waals surface area contributed by atoms with Crippen LogP contribution in [0.5, 0.6) is 0 Å². The summed E-state index contributed by atoms with van der Waals surface area (Å²) in [5.41, 5.74) is 10.1. The highest BCUT2D eigenvalue weighted by molar-refractivity contribution is 7.16. The molecular formula is C17H15N7S. The molecule has 25 heavy (non-hydrogen) atoms. The smallest absolute Gasteiger partial charge is 0.167 e. The largest absolute Gasteiger partial charge is 0.402 e. The van der Waals surface area contributed by atoms with Gasteiger partial charge in [0.25, 0.3) is 0 Å². The molecule has 4 N–H and O–H groups in total. The molecule has 0 aliphatic heterocycles. The lowest BCUT2D eigenvalue weighted by Crippen LogP contribution is -2.01. The van der Waals surface area contributed by atoms with Gasteiger partial charge in [0.2, 0.25) is 0 Å². The average molecular weight is 349 g/mol. The monoisotopic (exact) mass is 349 g/mol. The topological polar surface area (TPSA) is 109 Å². The van der Waals surface area contributed by atoms with Crippen molar-refractivity contribution in [2.24, 2.45) is 5.73 Å². The first kappa shape index (κ1) is 15.3. The van der Waals surface area contributed by atoms with Crippen molar-refractivity contribution >= 4 is 16.9 Å². The molecule has 0 aliphatic rings. The molecule has 4 aromatic rings. The van der Waals surface area contributed by atoms with Crippen LogP contribution in [0, 0.1) is 0 Å². The molecular weight excluding hydrogens is 334 g/mol. The maximum atomic E-state index is 6.16. The van der Waals surface area contributed by atoms with Crippen LogP contribution in [-0.2, 0) is 0 Å². The van der Waals surface area contributed by atoms with E-state index in [-0.39, 0.29) is 0 Å². The van der Waals surface area contributed by atoms with E-state index in [0.29, 0.717) is 11.5 Å². The molecule has 0 spiro atoms. The van der Waals surface area contributed by atoms with Crippen molar-refractivity contribution in [1.29, 1.82) is 0 Å². The zero-order chi connectivity index (χ0) is 17.2. The number of hydrogen-bond donors (Lipinski definition) is 3. The van der Waals surface area contributed by atoms with Gasteiger partial charge in [0.05, 0.1) is 17.0 Å². The van der Waals surface area contributed by atoms with Crippen LogP contribution in [0.2, 0.25) is 0 Å². The summed E-state index contributed by atoms with van der Waals surface area (Å²) >= 11 is 1.50. The summed E-state index contributed by atoms with van der Waals surface area (Å²) in [7, 11) is 0. The van der Waals surface area contributed by atoms with Crippen LogP contribution in [0.15, 0.2) is 54.7 Å². The van der Waals surface area contributed by atoms with Crippen molar-refractivity contribution < 1.29 is 0 Å². The standard InChI is InChI=1S/C17H15N7S/c1-10(18)13(11-5-2-3-7-19-11)17-23-14(12-6-4-8-20-12)15(25-17)16-21-9-22-24-16/h2-9,20H,18H2,1H3,(H,21,22,24). The molecule has 4 heterocycles. The molecule has 7 nitrogen and oxygen atoms in total. The van der Waals surface area contributed by atoms with Gasteiger partial charge in [-0.3, -0.25) is 10.1 Å². The van der Waals surface area contributed by atoms with Crippen molar-refractivity contribution in [3.63, 3.8) is 0 Å². The minimum Gasteiger partial charge on any atom is -0.402 e. The number of nitrogens with one attached hydrogen (secondary N) is 2. The second kappa shape index (κ2) is 6.33. The summed E-state index contributed by atoms with van der Waals surface area (Å²) in [6.45, 7) is 1.86. The first-order chi connectivity index (χ1) is 12.2. The fourth-order valence-electron chi connectivity index (χ4n) is 2.55. The van der Waals surface area contributed by atoms with E-state index in [1.807, 2.05) is 43.5 Å². The van der Waals surface area contributed by atoms with Gasteiger partial charge < -0.3 is 10.7 Å². The van der Waals surface area contributed by atoms with Gasteiger partial charge in [0.1, 0.15) is 21.9 Å². The quantitative estimate of drug-likeness (QED) is 0.524. The lowest BCUT2D eigenvalue weighted by atomic mass is 10.1. The van der Waals surface area contributed by atoms with E-state index in [9.17, 15) is 0 Å². The maximum Gasteiger partial charge on any atom is 0.167 e. The zero-order valence-corrected chi connectivity index (χ0v) is 14.2. The maximum absolute atomic E-state index is 6.16. The molecule has 0 saturated carbocycles. The number of aromatic amines is 2. The molecule has 0 aromatic carbocycles. The van der Waals surface area contributed by atoms with Crippen LogP contribution >= 0.6 is 11.3 Å². The van der Waals surface area contributed by atoms with Gasteiger partial charge in [-0.25, -0.2) is 9.97 Å². The summed E-state index contributed by atoms with van der Waals surface area (Å²) in [5, 5.41) is 7.65. The lowest BCUT2D eigenvalue weighted by molar-refractivity contribution is 1.10. The zero-order valence-electron chi connectivity index (χ0n) is 13.4. The SMILES string of the molecule is CC(N)=C(c1ccccn1)c1nc(-c2ccc[nH]2)c(-c2ncn[nH]2)s1. The predicted octanol–water partition coefficient (Wildman–Crippen LogP) is 3.06. The Bertz CT molecular complexity index is 943. The molecule has 0 unspecified atom stereocenters. The Morgan fingerprint density at radius 3 is 2.72 bits per heavy atom. The minimum atomic E-state index is 0.662. The van der Waals surface area contributed by atoms with Crippen molar-refractivity contribution in [3.05, 3.63) is 65.5 Å². The number of nitrogens with zero attached hydrogens (tertiary/aromatic N) is 4. The molecule has 0 aliphatic carbocycles. The summed E-state index contributed by atoms with van der Waals surface area (Å²) < 4.78 is 0. The summed E-state index contributed by atoms with van der Waals surface area (Å²) in [4.78, 5) is 17.6. The molecule has 0 fully saturated rings. The average Bonchev–Trinajstić information content (AvgIpc) is 3.36. The third-order valence-corrected chi connectivity index (χ3v) is 4.72. The highest BCUT2D eigenvalue weighted by Crippen LogP contribution is 2.38. The second-order valence-corrected chi connectivity index (χ2v) is 6.39. The van der Waals surface area contributed by atoms with E-state index in [1.54, 1.807) is 6.20 Å². The number of allylic oxidation sites excluding steroid dienone is 1. The highest BCUT2D eigenvalue weighted by atomic mass is 32.1. The van der Waals surface area contributed by atoms with Crippen LogP contribution in [0.1, 0.15) is 17.6 Å². The Labute approximate surface area is 147 Å². The number of H-pyrrole nitrogens is 2. The van der Waals surface area contributed by atoms with Crippen LogP contribution in [-0.4, -0.2) is 30.1 Å². The normalized spacial score (nSPS) is 12.2. The molecule has 0 atom stereocenters. The number of hydrogen-bond acceptors (Lipinski definition) is 6. The van der Waals surface area contributed by atoms with Gasteiger partial charge >= 0.3 is 0 Å². The summed E-state index contributed by atoms with van der Waals surface area (Å²) in [6.07, 6.45) is 5.09. The number of thiazole rings is 1. The summed E-state index contributed by atoms with van der Waals surface area (Å²) in [5.74, 6) is 0.670. The van der Waals surface area contributed by atoms with Crippen LogP contribution in [0.4, 0.5) is 0 Å². The molecule has 0 bridgehead atoms. The molecule has 8 heteroatoms. The van der Waals surface area contributed by atoms with Gasteiger partial charge in [-0.05, 0) is 31.2 Å². The fraction of sp³-hybridized carbons (Fsp3) is 0.0588. The number of rotatable bonds is 4. The molecule has 0 amide bonds.